The molecule has 1 amide bonds. The highest BCUT2D eigenvalue weighted by Gasteiger charge is 2.27. The molecule has 0 saturated carbocycles. The zero-order chi connectivity index (χ0) is 16.9. The van der Waals surface area contributed by atoms with Crippen molar-refractivity contribution in [2.75, 3.05) is 6.54 Å². The van der Waals surface area contributed by atoms with Gasteiger partial charge in [-0.05, 0) is 67.4 Å². The summed E-state index contributed by atoms with van der Waals surface area (Å²) in [4.78, 5) is 18.7. The minimum atomic E-state index is -0.178. The van der Waals surface area contributed by atoms with E-state index in [9.17, 15) is 4.79 Å². The van der Waals surface area contributed by atoms with Crippen molar-refractivity contribution in [3.05, 3.63) is 64.4 Å². The maximum atomic E-state index is 12.4. The number of pyridine rings is 1. The SMILES string of the molecule is O=C(NC(=S)N1CCCC[C@H]1c1cccnc1)c1ccc(Br)cc1. The van der Waals surface area contributed by atoms with Gasteiger partial charge in [-0.25, -0.2) is 0 Å². The number of nitrogens with zero attached hydrogens (tertiary/aromatic N) is 2. The molecule has 1 aromatic heterocycles. The summed E-state index contributed by atoms with van der Waals surface area (Å²) < 4.78 is 0.939. The van der Waals surface area contributed by atoms with Gasteiger partial charge in [0.05, 0.1) is 6.04 Å². The predicted octanol–water partition coefficient (Wildman–Crippen LogP) is 4.09. The molecule has 1 aromatic carbocycles. The minimum Gasteiger partial charge on any atom is -0.342 e. The summed E-state index contributed by atoms with van der Waals surface area (Å²) in [5.41, 5.74) is 1.73. The van der Waals surface area contributed by atoms with Crippen LogP contribution in [0, 0.1) is 0 Å². The van der Waals surface area contributed by atoms with Gasteiger partial charge >= 0.3 is 0 Å². The predicted molar refractivity (Wildman–Crippen MR) is 102 cm³/mol. The number of amides is 1. The number of carbonyl (C=O) groups excluding carboxylic acids is 1. The number of thiocarbonyl (C=S) groups is 1. The summed E-state index contributed by atoms with van der Waals surface area (Å²) in [6.07, 6.45) is 6.89. The van der Waals surface area contributed by atoms with Crippen molar-refractivity contribution in [1.29, 1.82) is 0 Å². The second-order valence-corrected chi connectivity index (χ2v) is 7.06. The molecule has 2 aromatic rings. The van der Waals surface area contributed by atoms with Crippen LogP contribution in [0.3, 0.4) is 0 Å². The Labute approximate surface area is 155 Å². The molecule has 0 radical (unpaired) electrons. The van der Waals surface area contributed by atoms with Crippen LogP contribution in [0.4, 0.5) is 0 Å². The van der Waals surface area contributed by atoms with Gasteiger partial charge in [-0.15, -0.1) is 0 Å². The Bertz CT molecular complexity index is 721. The zero-order valence-electron chi connectivity index (χ0n) is 13.1. The van der Waals surface area contributed by atoms with E-state index in [1.807, 2.05) is 24.4 Å². The van der Waals surface area contributed by atoms with Gasteiger partial charge < -0.3 is 4.90 Å². The van der Waals surface area contributed by atoms with E-state index in [4.69, 9.17) is 12.2 Å². The molecule has 124 valence electrons. The lowest BCUT2D eigenvalue weighted by atomic mass is 9.97. The largest absolute Gasteiger partial charge is 0.342 e. The molecule has 1 saturated heterocycles. The van der Waals surface area contributed by atoms with Gasteiger partial charge in [0.1, 0.15) is 0 Å². The molecule has 0 unspecified atom stereocenters. The average Bonchev–Trinajstić information content (AvgIpc) is 2.63. The Morgan fingerprint density at radius 3 is 2.75 bits per heavy atom. The summed E-state index contributed by atoms with van der Waals surface area (Å²) in [6, 6.07) is 11.4. The number of piperidine rings is 1. The van der Waals surface area contributed by atoms with Crippen molar-refractivity contribution in [1.82, 2.24) is 15.2 Å². The molecule has 0 bridgehead atoms. The van der Waals surface area contributed by atoms with Crippen molar-refractivity contribution in [2.45, 2.75) is 25.3 Å². The third-order valence-electron chi connectivity index (χ3n) is 4.16. The van der Waals surface area contributed by atoms with Crippen LogP contribution in [0.15, 0.2) is 53.3 Å². The molecular weight excluding hydrogens is 386 g/mol. The fourth-order valence-corrected chi connectivity index (χ4v) is 3.51. The van der Waals surface area contributed by atoms with Gasteiger partial charge in [-0.1, -0.05) is 22.0 Å². The summed E-state index contributed by atoms with van der Waals surface area (Å²) in [6.45, 7) is 0.846. The van der Waals surface area contributed by atoms with Crippen LogP contribution in [0.5, 0.6) is 0 Å². The van der Waals surface area contributed by atoms with Crippen LogP contribution in [0.2, 0.25) is 0 Å². The third-order valence-corrected chi connectivity index (χ3v) is 5.02. The number of halogens is 1. The van der Waals surface area contributed by atoms with Crippen molar-refractivity contribution >= 4 is 39.2 Å². The number of carbonyl (C=O) groups is 1. The monoisotopic (exact) mass is 403 g/mol. The van der Waals surface area contributed by atoms with Crippen molar-refractivity contribution in [2.24, 2.45) is 0 Å². The first-order valence-electron chi connectivity index (χ1n) is 7.92. The summed E-state index contributed by atoms with van der Waals surface area (Å²) in [7, 11) is 0. The number of rotatable bonds is 2. The van der Waals surface area contributed by atoms with E-state index >= 15 is 0 Å². The van der Waals surface area contributed by atoms with Crippen LogP contribution in [-0.4, -0.2) is 27.4 Å². The molecule has 4 nitrogen and oxygen atoms in total. The molecule has 2 heterocycles. The van der Waals surface area contributed by atoms with Crippen LogP contribution in [0.1, 0.15) is 41.2 Å². The zero-order valence-corrected chi connectivity index (χ0v) is 15.5. The van der Waals surface area contributed by atoms with E-state index in [0.717, 1.165) is 35.8 Å². The fraction of sp³-hybridized carbons (Fsp3) is 0.278. The van der Waals surface area contributed by atoms with E-state index in [1.165, 1.54) is 0 Å². The van der Waals surface area contributed by atoms with Crippen molar-refractivity contribution in [3.63, 3.8) is 0 Å². The molecule has 1 N–H and O–H groups in total. The molecule has 6 heteroatoms. The number of benzene rings is 1. The van der Waals surface area contributed by atoms with Gasteiger partial charge in [0.15, 0.2) is 5.11 Å². The lowest BCUT2D eigenvalue weighted by Gasteiger charge is -2.37. The molecule has 0 spiro atoms. The Morgan fingerprint density at radius 2 is 2.04 bits per heavy atom. The van der Waals surface area contributed by atoms with Crippen LogP contribution in [0.25, 0.3) is 0 Å². The van der Waals surface area contributed by atoms with E-state index in [2.05, 4.69) is 37.2 Å². The molecule has 1 fully saturated rings. The summed E-state index contributed by atoms with van der Waals surface area (Å²) >= 11 is 8.89. The van der Waals surface area contributed by atoms with Crippen LogP contribution in [-0.2, 0) is 0 Å². The molecular formula is C18H18BrN3OS. The number of likely N-dealkylation sites (tertiary alicyclic amines) is 1. The lowest BCUT2D eigenvalue weighted by molar-refractivity contribution is 0.0969. The maximum Gasteiger partial charge on any atom is 0.257 e. The van der Waals surface area contributed by atoms with Gasteiger partial charge in [-0.2, -0.15) is 0 Å². The summed E-state index contributed by atoms with van der Waals surface area (Å²) in [5.74, 6) is -0.178. The third kappa shape index (κ3) is 3.99. The Kier molecular flexibility index (Phi) is 5.58. The Hall–Kier alpha value is -1.79. The number of hydrogen-bond donors (Lipinski definition) is 1. The van der Waals surface area contributed by atoms with Gasteiger partial charge in [-0.3, -0.25) is 15.1 Å². The molecule has 3 rings (SSSR count). The highest BCUT2D eigenvalue weighted by atomic mass is 79.9. The smallest absolute Gasteiger partial charge is 0.257 e. The number of hydrogen-bond acceptors (Lipinski definition) is 3. The molecule has 1 atom stereocenters. The quantitative estimate of drug-likeness (QED) is 0.766. The van der Waals surface area contributed by atoms with E-state index in [-0.39, 0.29) is 11.9 Å². The molecule has 1 aliphatic rings. The first-order chi connectivity index (χ1) is 11.6. The minimum absolute atomic E-state index is 0.171. The Balaban J connectivity index is 1.72. The first kappa shape index (κ1) is 17.0. The fourth-order valence-electron chi connectivity index (χ4n) is 2.94. The molecule has 1 aliphatic heterocycles. The highest BCUT2D eigenvalue weighted by Crippen LogP contribution is 2.30. The first-order valence-corrected chi connectivity index (χ1v) is 9.13. The summed E-state index contributed by atoms with van der Waals surface area (Å²) in [5, 5.41) is 3.35. The second kappa shape index (κ2) is 7.85. The number of nitrogens with one attached hydrogen (secondary N) is 1. The number of aromatic nitrogens is 1. The van der Waals surface area contributed by atoms with Crippen molar-refractivity contribution in [3.8, 4) is 0 Å². The topological polar surface area (TPSA) is 45.2 Å². The molecule has 24 heavy (non-hydrogen) atoms. The normalized spacial score (nSPS) is 17.4. The molecule has 0 aliphatic carbocycles. The second-order valence-electron chi connectivity index (χ2n) is 5.76. The van der Waals surface area contributed by atoms with E-state index < -0.39 is 0 Å². The van der Waals surface area contributed by atoms with Crippen molar-refractivity contribution < 1.29 is 4.79 Å². The highest BCUT2D eigenvalue weighted by molar-refractivity contribution is 9.10. The van der Waals surface area contributed by atoms with Gasteiger partial charge in [0.25, 0.3) is 5.91 Å². The standard InChI is InChI=1S/C18H18BrN3OS/c19-15-8-6-13(7-9-15)17(23)21-18(24)22-11-2-1-5-16(22)14-4-3-10-20-12-14/h3-4,6-10,12,16H,1-2,5,11H2,(H,21,23,24)/t16-/m0/s1. The van der Waals surface area contributed by atoms with Gasteiger partial charge in [0.2, 0.25) is 0 Å². The van der Waals surface area contributed by atoms with Gasteiger partial charge in [0, 0.05) is 29.0 Å². The lowest BCUT2D eigenvalue weighted by Crippen LogP contribution is -2.46. The van der Waals surface area contributed by atoms with Crippen LogP contribution < -0.4 is 5.32 Å². The Morgan fingerprint density at radius 1 is 1.25 bits per heavy atom. The van der Waals surface area contributed by atoms with E-state index in [1.54, 1.807) is 18.3 Å². The van der Waals surface area contributed by atoms with E-state index in [0.29, 0.717) is 10.7 Å². The van der Waals surface area contributed by atoms with Crippen LogP contribution >= 0.6 is 28.1 Å². The average molecular weight is 404 g/mol. The maximum absolute atomic E-state index is 12.4.